The lowest BCUT2D eigenvalue weighted by atomic mass is 10.2. The van der Waals surface area contributed by atoms with E-state index >= 15 is 0 Å². The van der Waals surface area contributed by atoms with Gasteiger partial charge in [-0.2, -0.15) is 0 Å². The Kier molecular flexibility index (Phi) is 5.90. The minimum absolute atomic E-state index is 0.00684. The van der Waals surface area contributed by atoms with Crippen LogP contribution in [0.1, 0.15) is 5.56 Å². The van der Waals surface area contributed by atoms with Gasteiger partial charge in [0.15, 0.2) is 5.78 Å². The van der Waals surface area contributed by atoms with Gasteiger partial charge in [-0.15, -0.1) is 23.5 Å². The Labute approximate surface area is 133 Å². The number of hydrogen-bond donors (Lipinski definition) is 0. The summed E-state index contributed by atoms with van der Waals surface area (Å²) >= 11 is 3.16. The lowest BCUT2D eigenvalue weighted by Crippen LogP contribution is -1.89. The highest BCUT2D eigenvalue weighted by atomic mass is 32.2. The minimum atomic E-state index is 0.00684. The molecule has 0 fully saturated rings. The quantitative estimate of drug-likeness (QED) is 0.754. The Morgan fingerprint density at radius 2 is 1.90 bits per heavy atom. The van der Waals surface area contributed by atoms with Crippen molar-refractivity contribution in [3.05, 3.63) is 64.9 Å². The highest BCUT2D eigenvalue weighted by Gasteiger charge is 1.98. The maximum atomic E-state index is 11.8. The number of carbonyl (C=O) groups is 1. The summed E-state index contributed by atoms with van der Waals surface area (Å²) in [6.07, 6.45) is 14.4. The normalized spacial score (nSPS) is 10.8. The van der Waals surface area contributed by atoms with E-state index in [2.05, 4.69) is 4.98 Å². The summed E-state index contributed by atoms with van der Waals surface area (Å²) in [7, 11) is 0. The molecule has 0 saturated heterocycles. The summed E-state index contributed by atoms with van der Waals surface area (Å²) in [5.74, 6) is 0.00684. The number of carbonyl (C=O) groups excluding carboxylic acids is 1. The predicted molar refractivity (Wildman–Crippen MR) is 92.7 cm³/mol. The Hall–Kier alpha value is -1.72. The molecule has 0 aliphatic carbocycles. The maximum Gasteiger partial charge on any atom is 0.180 e. The van der Waals surface area contributed by atoms with Crippen molar-refractivity contribution < 1.29 is 4.79 Å². The van der Waals surface area contributed by atoms with E-state index in [-0.39, 0.29) is 5.78 Å². The van der Waals surface area contributed by atoms with E-state index in [1.54, 1.807) is 48.2 Å². The summed E-state index contributed by atoms with van der Waals surface area (Å²) in [6, 6.07) is 7.95. The van der Waals surface area contributed by atoms with Crippen molar-refractivity contribution in [2.24, 2.45) is 0 Å². The second kappa shape index (κ2) is 7.90. The molecule has 21 heavy (non-hydrogen) atoms. The molecule has 0 bridgehead atoms. The van der Waals surface area contributed by atoms with Crippen LogP contribution in [0.3, 0.4) is 0 Å². The first-order chi connectivity index (χ1) is 10.2. The number of hydrogen-bond acceptors (Lipinski definition) is 4. The molecule has 0 spiro atoms. The van der Waals surface area contributed by atoms with Gasteiger partial charge >= 0.3 is 0 Å². The molecule has 0 N–H and O–H groups in total. The van der Waals surface area contributed by atoms with E-state index in [0.717, 1.165) is 15.5 Å². The molecule has 0 atom stereocenters. The van der Waals surface area contributed by atoms with E-state index in [4.69, 9.17) is 0 Å². The Bertz CT molecular complexity index is 637. The molecule has 0 radical (unpaired) electrons. The van der Waals surface area contributed by atoms with E-state index in [1.807, 2.05) is 53.6 Å². The lowest BCUT2D eigenvalue weighted by Gasteiger charge is -2.01. The van der Waals surface area contributed by atoms with Crippen molar-refractivity contribution in [1.82, 2.24) is 9.55 Å². The van der Waals surface area contributed by atoms with Crippen LogP contribution >= 0.6 is 23.5 Å². The monoisotopic (exact) mass is 316 g/mol. The molecule has 5 heteroatoms. The molecule has 0 aliphatic heterocycles. The first-order valence-corrected chi connectivity index (χ1v) is 8.78. The van der Waals surface area contributed by atoms with Crippen molar-refractivity contribution in [2.75, 3.05) is 12.5 Å². The molecule has 2 aromatic rings. The molecular formula is C16H16N2OS2. The van der Waals surface area contributed by atoms with E-state index in [0.29, 0.717) is 0 Å². The fourth-order valence-corrected chi connectivity index (χ4v) is 2.85. The summed E-state index contributed by atoms with van der Waals surface area (Å²) in [6.45, 7) is 0. The van der Waals surface area contributed by atoms with Crippen LogP contribution in [0.4, 0.5) is 0 Å². The summed E-state index contributed by atoms with van der Waals surface area (Å²) in [5.41, 5.74) is 2.04. The smallest absolute Gasteiger partial charge is 0.180 e. The first-order valence-electron chi connectivity index (χ1n) is 6.33. The number of benzene rings is 1. The SMILES string of the molecule is CSC(=CC(=O)/C=C/c1ccc(-n2ccnc2)cc1)SC. The third kappa shape index (κ3) is 4.65. The largest absolute Gasteiger partial charge is 0.306 e. The van der Waals surface area contributed by atoms with Gasteiger partial charge in [0.25, 0.3) is 0 Å². The molecule has 0 unspecified atom stereocenters. The van der Waals surface area contributed by atoms with Gasteiger partial charge in [0.1, 0.15) is 0 Å². The lowest BCUT2D eigenvalue weighted by molar-refractivity contribution is -0.110. The first kappa shape index (κ1) is 15.7. The van der Waals surface area contributed by atoms with Crippen LogP contribution in [-0.4, -0.2) is 27.8 Å². The molecule has 0 amide bonds. The van der Waals surface area contributed by atoms with E-state index in [1.165, 1.54) is 0 Å². The number of imidazole rings is 1. The maximum absolute atomic E-state index is 11.8. The number of allylic oxidation sites excluding steroid dienone is 2. The highest BCUT2D eigenvalue weighted by Crippen LogP contribution is 2.23. The summed E-state index contributed by atoms with van der Waals surface area (Å²) < 4.78 is 2.95. The molecular weight excluding hydrogens is 300 g/mol. The standard InChI is InChI=1S/C16H16N2OS2/c1-20-16(21-2)11-15(19)8-5-13-3-6-14(7-4-13)18-10-9-17-12-18/h3-12H,1-2H3/b8-5+. The number of ketones is 1. The fraction of sp³-hybridized carbons (Fsp3) is 0.125. The third-order valence-corrected chi connectivity index (χ3v) is 4.84. The molecule has 0 saturated carbocycles. The van der Waals surface area contributed by atoms with Gasteiger partial charge < -0.3 is 4.57 Å². The fourth-order valence-electron chi connectivity index (χ4n) is 1.71. The Morgan fingerprint density at radius 1 is 1.19 bits per heavy atom. The zero-order chi connectivity index (χ0) is 15.1. The van der Waals surface area contributed by atoms with Crippen LogP contribution in [0.5, 0.6) is 0 Å². The van der Waals surface area contributed by atoms with Crippen LogP contribution in [-0.2, 0) is 4.79 Å². The van der Waals surface area contributed by atoms with Crippen molar-refractivity contribution in [2.45, 2.75) is 0 Å². The highest BCUT2D eigenvalue weighted by molar-refractivity contribution is 8.21. The summed E-state index contributed by atoms with van der Waals surface area (Å²) in [4.78, 5) is 15.8. The van der Waals surface area contributed by atoms with E-state index < -0.39 is 0 Å². The zero-order valence-electron chi connectivity index (χ0n) is 11.9. The van der Waals surface area contributed by atoms with Gasteiger partial charge in [0.05, 0.1) is 6.33 Å². The van der Waals surface area contributed by atoms with Gasteiger partial charge in [-0.3, -0.25) is 4.79 Å². The van der Waals surface area contributed by atoms with Crippen LogP contribution in [0.25, 0.3) is 11.8 Å². The molecule has 1 heterocycles. The van der Waals surface area contributed by atoms with Crippen LogP contribution in [0.15, 0.2) is 59.4 Å². The molecule has 0 aliphatic rings. The van der Waals surface area contributed by atoms with Gasteiger partial charge in [-0.05, 0) is 36.3 Å². The number of nitrogens with zero attached hydrogens (tertiary/aromatic N) is 2. The van der Waals surface area contributed by atoms with Gasteiger partial charge in [0.2, 0.25) is 0 Å². The third-order valence-electron chi connectivity index (χ3n) is 2.80. The van der Waals surface area contributed by atoms with Crippen LogP contribution in [0, 0.1) is 0 Å². The minimum Gasteiger partial charge on any atom is -0.306 e. The number of aromatic nitrogens is 2. The van der Waals surface area contributed by atoms with Crippen LogP contribution in [0.2, 0.25) is 0 Å². The number of thioether (sulfide) groups is 2. The second-order valence-corrected chi connectivity index (χ2v) is 6.12. The Morgan fingerprint density at radius 3 is 2.48 bits per heavy atom. The Balaban J connectivity index is 2.05. The molecule has 3 nitrogen and oxygen atoms in total. The number of rotatable bonds is 6. The van der Waals surface area contributed by atoms with Crippen molar-refractivity contribution >= 4 is 35.4 Å². The molecule has 1 aromatic carbocycles. The van der Waals surface area contributed by atoms with Crippen molar-refractivity contribution in [1.29, 1.82) is 0 Å². The average Bonchev–Trinajstić information content (AvgIpc) is 3.05. The van der Waals surface area contributed by atoms with E-state index in [9.17, 15) is 4.79 Å². The predicted octanol–water partition coefficient (Wildman–Crippen LogP) is 4.02. The molecule has 108 valence electrons. The molecule has 1 aromatic heterocycles. The topological polar surface area (TPSA) is 34.9 Å². The molecule has 2 rings (SSSR count). The van der Waals surface area contributed by atoms with Crippen LogP contribution < -0.4 is 0 Å². The summed E-state index contributed by atoms with van der Waals surface area (Å²) in [5, 5.41) is 0. The second-order valence-electron chi connectivity index (χ2n) is 4.17. The van der Waals surface area contributed by atoms with Gasteiger partial charge in [0, 0.05) is 28.4 Å². The average molecular weight is 316 g/mol. The van der Waals surface area contributed by atoms with Gasteiger partial charge in [-0.25, -0.2) is 4.98 Å². The van der Waals surface area contributed by atoms with Crippen molar-refractivity contribution in [3.63, 3.8) is 0 Å². The van der Waals surface area contributed by atoms with Crippen molar-refractivity contribution in [3.8, 4) is 5.69 Å². The van der Waals surface area contributed by atoms with Gasteiger partial charge in [-0.1, -0.05) is 18.2 Å². The zero-order valence-corrected chi connectivity index (χ0v) is 13.5.